The molecular weight excluding hydrogens is 258 g/mol. The number of nitrogens with zero attached hydrogens (tertiary/aromatic N) is 2. The Morgan fingerprint density at radius 1 is 1.47 bits per heavy atom. The summed E-state index contributed by atoms with van der Waals surface area (Å²) in [5, 5.41) is 15.4. The number of ether oxygens (including phenoxy) is 1. The summed E-state index contributed by atoms with van der Waals surface area (Å²) in [6.07, 6.45) is 0. The lowest BCUT2D eigenvalue weighted by Crippen LogP contribution is -2.34. The molecule has 1 aromatic carbocycles. The number of benzene rings is 1. The van der Waals surface area contributed by atoms with Crippen molar-refractivity contribution in [3.63, 3.8) is 0 Å². The smallest absolute Gasteiger partial charge is 0.113 e. The Balaban J connectivity index is 1.86. The summed E-state index contributed by atoms with van der Waals surface area (Å²) < 4.78 is 5.45. The molecule has 1 aromatic heterocycles. The third-order valence-corrected chi connectivity index (χ3v) is 3.99. The zero-order valence-electron chi connectivity index (χ0n) is 10.3. The van der Waals surface area contributed by atoms with Crippen LogP contribution in [0.1, 0.15) is 16.6 Å². The monoisotopic (exact) mass is 271 g/mol. The van der Waals surface area contributed by atoms with Gasteiger partial charge in [-0.05, 0) is 12.1 Å². The Kier molecular flexibility index (Phi) is 3.56. The zero-order valence-corrected chi connectivity index (χ0v) is 11.1. The van der Waals surface area contributed by atoms with Gasteiger partial charge in [-0.2, -0.15) is 5.26 Å². The van der Waals surface area contributed by atoms with Crippen molar-refractivity contribution in [2.45, 2.75) is 6.04 Å². The summed E-state index contributed by atoms with van der Waals surface area (Å²) in [4.78, 5) is 4.65. The van der Waals surface area contributed by atoms with Crippen molar-refractivity contribution in [2.24, 2.45) is 0 Å². The summed E-state index contributed by atoms with van der Waals surface area (Å²) >= 11 is 1.63. The van der Waals surface area contributed by atoms with Crippen LogP contribution < -0.4 is 5.32 Å². The van der Waals surface area contributed by atoms with Gasteiger partial charge in [-0.15, -0.1) is 11.3 Å². The van der Waals surface area contributed by atoms with E-state index in [0.29, 0.717) is 12.2 Å². The van der Waals surface area contributed by atoms with Crippen molar-refractivity contribution in [2.75, 3.05) is 19.8 Å². The largest absolute Gasteiger partial charge is 0.378 e. The van der Waals surface area contributed by atoms with Gasteiger partial charge >= 0.3 is 0 Å². The van der Waals surface area contributed by atoms with Crippen LogP contribution in [-0.2, 0) is 4.74 Å². The number of nitriles is 1. The highest BCUT2D eigenvalue weighted by atomic mass is 32.1. The second-order valence-corrected chi connectivity index (χ2v) is 5.23. The average molecular weight is 271 g/mol. The summed E-state index contributed by atoms with van der Waals surface area (Å²) in [6, 6.07) is 9.86. The predicted octanol–water partition coefficient (Wildman–Crippen LogP) is 2.34. The fourth-order valence-electron chi connectivity index (χ4n) is 2.05. The minimum atomic E-state index is 0.187. The second-order valence-electron chi connectivity index (χ2n) is 4.35. The first-order valence-electron chi connectivity index (χ1n) is 6.14. The van der Waals surface area contributed by atoms with Crippen LogP contribution in [0.15, 0.2) is 29.6 Å². The van der Waals surface area contributed by atoms with E-state index in [0.717, 1.165) is 29.4 Å². The number of aromatic nitrogens is 1. The highest BCUT2D eigenvalue weighted by molar-refractivity contribution is 7.10. The van der Waals surface area contributed by atoms with E-state index >= 15 is 0 Å². The molecule has 0 aliphatic carbocycles. The molecule has 0 radical (unpaired) electrons. The van der Waals surface area contributed by atoms with E-state index < -0.39 is 0 Å². The van der Waals surface area contributed by atoms with Gasteiger partial charge in [0.1, 0.15) is 5.01 Å². The molecule has 1 aliphatic rings. The zero-order chi connectivity index (χ0) is 13.1. The molecule has 1 saturated heterocycles. The maximum Gasteiger partial charge on any atom is 0.113 e. The number of morpholine rings is 1. The van der Waals surface area contributed by atoms with Crippen molar-refractivity contribution in [1.82, 2.24) is 10.3 Å². The Bertz CT molecular complexity index is 611. The third-order valence-electron chi connectivity index (χ3n) is 3.03. The van der Waals surface area contributed by atoms with Gasteiger partial charge in [0.2, 0.25) is 0 Å². The van der Waals surface area contributed by atoms with E-state index in [2.05, 4.69) is 16.4 Å². The van der Waals surface area contributed by atoms with Crippen LogP contribution in [-0.4, -0.2) is 24.7 Å². The number of thiazole rings is 1. The summed E-state index contributed by atoms with van der Waals surface area (Å²) in [5.41, 5.74) is 2.56. The molecular formula is C14H13N3OS. The molecule has 0 amide bonds. The first kappa shape index (κ1) is 12.3. The van der Waals surface area contributed by atoms with Gasteiger partial charge < -0.3 is 10.1 Å². The molecule has 3 rings (SSSR count). The van der Waals surface area contributed by atoms with E-state index in [1.54, 1.807) is 17.4 Å². The molecule has 1 aliphatic heterocycles. The van der Waals surface area contributed by atoms with Crippen LogP contribution in [0.2, 0.25) is 0 Å². The van der Waals surface area contributed by atoms with Crippen LogP contribution in [0.4, 0.5) is 0 Å². The Morgan fingerprint density at radius 3 is 3.21 bits per heavy atom. The predicted molar refractivity (Wildman–Crippen MR) is 73.8 cm³/mol. The van der Waals surface area contributed by atoms with Gasteiger partial charge in [0.25, 0.3) is 0 Å². The number of hydrogen-bond acceptors (Lipinski definition) is 5. The lowest BCUT2D eigenvalue weighted by Gasteiger charge is -2.21. The molecule has 1 atom stereocenters. The van der Waals surface area contributed by atoms with Crippen LogP contribution in [0.3, 0.4) is 0 Å². The van der Waals surface area contributed by atoms with Crippen molar-refractivity contribution in [1.29, 1.82) is 5.26 Å². The SMILES string of the molecule is N#Cc1cccc(-c2csc(C3COCCN3)n2)c1. The quantitative estimate of drug-likeness (QED) is 0.911. The lowest BCUT2D eigenvalue weighted by atomic mass is 10.1. The highest BCUT2D eigenvalue weighted by Crippen LogP contribution is 2.26. The van der Waals surface area contributed by atoms with E-state index in [1.165, 1.54) is 0 Å². The molecule has 0 spiro atoms. The summed E-state index contributed by atoms with van der Waals surface area (Å²) in [7, 11) is 0. The normalized spacial score (nSPS) is 19.0. The minimum absolute atomic E-state index is 0.187. The van der Waals surface area contributed by atoms with Crippen LogP contribution in [0, 0.1) is 11.3 Å². The molecule has 2 aromatic rings. The van der Waals surface area contributed by atoms with E-state index in [9.17, 15) is 0 Å². The molecule has 5 heteroatoms. The fourth-order valence-corrected chi connectivity index (χ4v) is 2.94. The first-order chi connectivity index (χ1) is 9.36. The van der Waals surface area contributed by atoms with Gasteiger partial charge in [0.15, 0.2) is 0 Å². The minimum Gasteiger partial charge on any atom is -0.378 e. The Morgan fingerprint density at radius 2 is 2.42 bits per heavy atom. The maximum absolute atomic E-state index is 8.92. The van der Waals surface area contributed by atoms with Crippen molar-refractivity contribution < 1.29 is 4.74 Å². The number of rotatable bonds is 2. The van der Waals surface area contributed by atoms with Gasteiger partial charge in [-0.25, -0.2) is 4.98 Å². The van der Waals surface area contributed by atoms with Crippen LogP contribution in [0.5, 0.6) is 0 Å². The topological polar surface area (TPSA) is 57.9 Å². The standard InChI is InChI=1S/C14H13N3OS/c15-7-10-2-1-3-11(6-10)13-9-19-14(17-13)12-8-18-5-4-16-12/h1-3,6,9,12,16H,4-5,8H2. The molecule has 0 bridgehead atoms. The molecule has 1 fully saturated rings. The molecule has 2 heterocycles. The molecule has 1 N–H and O–H groups in total. The van der Waals surface area contributed by atoms with Crippen molar-refractivity contribution in [3.05, 3.63) is 40.2 Å². The lowest BCUT2D eigenvalue weighted by molar-refractivity contribution is 0.0768. The number of nitrogens with one attached hydrogen (secondary N) is 1. The third kappa shape index (κ3) is 2.66. The molecule has 0 saturated carbocycles. The van der Waals surface area contributed by atoms with Gasteiger partial charge in [0.05, 0.1) is 36.6 Å². The summed E-state index contributed by atoms with van der Waals surface area (Å²) in [5.74, 6) is 0. The first-order valence-corrected chi connectivity index (χ1v) is 7.02. The highest BCUT2D eigenvalue weighted by Gasteiger charge is 2.18. The molecule has 1 unspecified atom stereocenters. The van der Waals surface area contributed by atoms with Gasteiger partial charge in [0, 0.05) is 17.5 Å². The Labute approximate surface area is 115 Å². The molecule has 19 heavy (non-hydrogen) atoms. The maximum atomic E-state index is 8.92. The van der Waals surface area contributed by atoms with Gasteiger partial charge in [-0.1, -0.05) is 12.1 Å². The van der Waals surface area contributed by atoms with E-state index in [-0.39, 0.29) is 6.04 Å². The van der Waals surface area contributed by atoms with Gasteiger partial charge in [-0.3, -0.25) is 0 Å². The van der Waals surface area contributed by atoms with E-state index in [4.69, 9.17) is 10.00 Å². The molecule has 4 nitrogen and oxygen atoms in total. The average Bonchev–Trinajstić information content (AvgIpc) is 2.98. The van der Waals surface area contributed by atoms with Crippen molar-refractivity contribution >= 4 is 11.3 Å². The Hall–Kier alpha value is -1.74. The molecule has 96 valence electrons. The van der Waals surface area contributed by atoms with E-state index in [1.807, 2.05) is 23.6 Å². The number of hydrogen-bond donors (Lipinski definition) is 1. The van der Waals surface area contributed by atoms with Crippen molar-refractivity contribution in [3.8, 4) is 17.3 Å². The fraction of sp³-hybridized carbons (Fsp3) is 0.286. The second kappa shape index (κ2) is 5.49. The van der Waals surface area contributed by atoms with Crippen LogP contribution in [0.25, 0.3) is 11.3 Å². The van der Waals surface area contributed by atoms with Crippen LogP contribution >= 0.6 is 11.3 Å². The summed E-state index contributed by atoms with van der Waals surface area (Å²) in [6.45, 7) is 2.30.